The van der Waals surface area contributed by atoms with Crippen LogP contribution in [0.3, 0.4) is 0 Å². The zero-order valence-electron chi connectivity index (χ0n) is 7.83. The second-order valence-corrected chi connectivity index (χ2v) is 3.93. The van der Waals surface area contributed by atoms with Crippen LogP contribution < -0.4 is 4.57 Å². The molecule has 2 heteroatoms. The van der Waals surface area contributed by atoms with Crippen LogP contribution in [0.1, 0.15) is 39.0 Å². The quantitative estimate of drug-likeness (QED) is 0.472. The van der Waals surface area contributed by atoms with Gasteiger partial charge in [0, 0.05) is 6.42 Å². The first-order valence-electron chi connectivity index (χ1n) is 4.84. The molecule has 1 nitrogen and oxygen atoms in total. The number of unbranched alkanes of at least 4 members (excludes halogenated alkanes) is 4. The van der Waals surface area contributed by atoms with Gasteiger partial charge in [0.15, 0.2) is 6.20 Å². The predicted octanol–water partition coefficient (Wildman–Crippen LogP) is 3.01. The van der Waals surface area contributed by atoms with Crippen LogP contribution in [0.25, 0.3) is 0 Å². The second kappa shape index (κ2) is 6.18. The van der Waals surface area contributed by atoms with Crippen molar-refractivity contribution in [1.82, 2.24) is 0 Å². The smallest absolute Gasteiger partial charge is 0.195 e. The molecule has 0 saturated carbocycles. The standard InChI is InChI=1S/C10H18NS/c1-2-3-4-5-6-7-11-8-9-12-10-11/h8-10H,2-7H2,1H3/q+1. The highest BCUT2D eigenvalue weighted by atomic mass is 32.1. The summed E-state index contributed by atoms with van der Waals surface area (Å²) in [7, 11) is 0. The molecule has 0 aliphatic carbocycles. The van der Waals surface area contributed by atoms with Crippen LogP contribution in [0.5, 0.6) is 0 Å². The van der Waals surface area contributed by atoms with Crippen molar-refractivity contribution >= 4 is 11.3 Å². The van der Waals surface area contributed by atoms with Gasteiger partial charge in [-0.2, -0.15) is 4.57 Å². The lowest BCUT2D eigenvalue weighted by atomic mass is 10.1. The van der Waals surface area contributed by atoms with Crippen molar-refractivity contribution in [2.75, 3.05) is 0 Å². The van der Waals surface area contributed by atoms with Gasteiger partial charge in [-0.1, -0.05) is 37.5 Å². The average Bonchev–Trinajstić information content (AvgIpc) is 2.57. The summed E-state index contributed by atoms with van der Waals surface area (Å²) in [5.41, 5.74) is 2.18. The lowest BCUT2D eigenvalue weighted by molar-refractivity contribution is -0.692. The number of thiazole rings is 1. The molecule has 0 aliphatic rings. The fourth-order valence-electron chi connectivity index (χ4n) is 1.29. The predicted molar refractivity (Wildman–Crippen MR) is 53.3 cm³/mol. The Balaban J connectivity index is 1.96. The van der Waals surface area contributed by atoms with Gasteiger partial charge in [0.05, 0.1) is 5.38 Å². The first-order valence-corrected chi connectivity index (χ1v) is 5.79. The number of hydrogen-bond acceptors (Lipinski definition) is 1. The Morgan fingerprint density at radius 3 is 2.67 bits per heavy atom. The molecule has 0 atom stereocenters. The van der Waals surface area contributed by atoms with Crippen LogP contribution >= 0.6 is 11.3 Å². The summed E-state index contributed by atoms with van der Waals surface area (Å²) in [6.45, 7) is 3.46. The van der Waals surface area contributed by atoms with Crippen LogP contribution in [0.2, 0.25) is 0 Å². The number of nitrogens with zero attached hydrogens (tertiary/aromatic N) is 1. The van der Waals surface area contributed by atoms with Crippen molar-refractivity contribution < 1.29 is 4.57 Å². The van der Waals surface area contributed by atoms with Crippen molar-refractivity contribution in [2.24, 2.45) is 0 Å². The van der Waals surface area contributed by atoms with E-state index in [2.05, 4.69) is 28.6 Å². The van der Waals surface area contributed by atoms with E-state index in [-0.39, 0.29) is 0 Å². The van der Waals surface area contributed by atoms with Gasteiger partial charge in [-0.25, -0.2) is 0 Å². The SMILES string of the molecule is CCCCCCC[n+]1ccsc1. The third-order valence-corrected chi connectivity index (χ3v) is 2.72. The summed E-state index contributed by atoms with van der Waals surface area (Å²) < 4.78 is 2.27. The van der Waals surface area contributed by atoms with Crippen LogP contribution in [0.15, 0.2) is 17.1 Å². The Hall–Kier alpha value is -0.370. The Morgan fingerprint density at radius 2 is 2.00 bits per heavy atom. The molecule has 0 amide bonds. The third kappa shape index (κ3) is 3.86. The Morgan fingerprint density at radius 1 is 1.17 bits per heavy atom. The lowest BCUT2D eigenvalue weighted by Gasteiger charge is -1.95. The van der Waals surface area contributed by atoms with Crippen LogP contribution in [0, 0.1) is 0 Å². The summed E-state index contributed by atoms with van der Waals surface area (Å²) in [4.78, 5) is 0. The van der Waals surface area contributed by atoms with Gasteiger partial charge in [-0.3, -0.25) is 0 Å². The van der Waals surface area contributed by atoms with Crippen LogP contribution in [-0.4, -0.2) is 0 Å². The van der Waals surface area contributed by atoms with Crippen molar-refractivity contribution in [2.45, 2.75) is 45.6 Å². The molecule has 0 aliphatic heterocycles. The van der Waals surface area contributed by atoms with E-state index in [1.165, 1.54) is 38.6 Å². The highest BCUT2D eigenvalue weighted by Crippen LogP contribution is 2.02. The van der Waals surface area contributed by atoms with Gasteiger partial charge in [-0.15, -0.1) is 0 Å². The number of aryl methyl sites for hydroxylation is 1. The van der Waals surface area contributed by atoms with Gasteiger partial charge in [0.25, 0.3) is 0 Å². The molecule has 12 heavy (non-hydrogen) atoms. The first-order chi connectivity index (χ1) is 5.93. The molecular formula is C10H18NS+. The van der Waals surface area contributed by atoms with Crippen molar-refractivity contribution in [3.63, 3.8) is 0 Å². The maximum Gasteiger partial charge on any atom is 0.224 e. The fraction of sp³-hybridized carbons (Fsp3) is 0.700. The zero-order chi connectivity index (χ0) is 8.65. The first kappa shape index (κ1) is 9.72. The Bertz CT molecular complexity index is 182. The third-order valence-electron chi connectivity index (χ3n) is 2.05. The van der Waals surface area contributed by atoms with Gasteiger partial charge >= 0.3 is 0 Å². The molecule has 1 aromatic rings. The van der Waals surface area contributed by atoms with E-state index in [1.54, 1.807) is 11.3 Å². The number of hydrogen-bond donors (Lipinski definition) is 0. The van der Waals surface area contributed by atoms with E-state index in [0.29, 0.717) is 0 Å². The molecule has 0 N–H and O–H groups in total. The Kier molecular flexibility index (Phi) is 5.00. The van der Waals surface area contributed by atoms with Crippen molar-refractivity contribution in [3.05, 3.63) is 17.1 Å². The number of aromatic nitrogens is 1. The minimum atomic E-state index is 1.20. The van der Waals surface area contributed by atoms with E-state index < -0.39 is 0 Å². The highest BCUT2D eigenvalue weighted by Gasteiger charge is 1.98. The molecule has 0 unspecified atom stereocenters. The molecule has 0 spiro atoms. The lowest BCUT2D eigenvalue weighted by Crippen LogP contribution is -2.29. The van der Waals surface area contributed by atoms with E-state index in [1.807, 2.05) is 0 Å². The molecule has 0 saturated heterocycles. The molecule has 0 bridgehead atoms. The average molecular weight is 184 g/mol. The minimum Gasteiger partial charge on any atom is -0.195 e. The summed E-state index contributed by atoms with van der Waals surface area (Å²) in [5, 5.41) is 2.13. The zero-order valence-corrected chi connectivity index (χ0v) is 8.65. The molecule has 0 fully saturated rings. The summed E-state index contributed by atoms with van der Waals surface area (Å²) in [6, 6.07) is 0. The van der Waals surface area contributed by atoms with Gasteiger partial charge in [0.2, 0.25) is 5.51 Å². The van der Waals surface area contributed by atoms with Crippen LogP contribution in [0.4, 0.5) is 0 Å². The van der Waals surface area contributed by atoms with Gasteiger partial charge in [-0.05, 0) is 6.42 Å². The van der Waals surface area contributed by atoms with Crippen molar-refractivity contribution in [1.29, 1.82) is 0 Å². The van der Waals surface area contributed by atoms with Gasteiger partial charge in [0.1, 0.15) is 6.54 Å². The molecule has 1 aromatic heterocycles. The molecular weight excluding hydrogens is 166 g/mol. The molecule has 1 heterocycles. The Labute approximate surface area is 79.1 Å². The minimum absolute atomic E-state index is 1.20. The molecule has 68 valence electrons. The van der Waals surface area contributed by atoms with Gasteiger partial charge < -0.3 is 0 Å². The van der Waals surface area contributed by atoms with E-state index >= 15 is 0 Å². The molecule has 1 rings (SSSR count). The monoisotopic (exact) mass is 184 g/mol. The fourth-order valence-corrected chi connectivity index (χ4v) is 1.92. The van der Waals surface area contributed by atoms with Crippen molar-refractivity contribution in [3.8, 4) is 0 Å². The number of rotatable bonds is 6. The van der Waals surface area contributed by atoms with E-state index in [4.69, 9.17) is 0 Å². The summed E-state index contributed by atoms with van der Waals surface area (Å²) in [6.07, 6.45) is 9.02. The summed E-state index contributed by atoms with van der Waals surface area (Å²) in [5.74, 6) is 0. The topological polar surface area (TPSA) is 3.88 Å². The summed E-state index contributed by atoms with van der Waals surface area (Å²) >= 11 is 1.77. The maximum atomic E-state index is 2.27. The largest absolute Gasteiger partial charge is 0.224 e. The molecule has 0 radical (unpaired) electrons. The normalized spacial score (nSPS) is 10.4. The second-order valence-electron chi connectivity index (χ2n) is 3.18. The van der Waals surface area contributed by atoms with Crippen LogP contribution in [-0.2, 0) is 6.54 Å². The van der Waals surface area contributed by atoms with E-state index in [0.717, 1.165) is 0 Å². The maximum absolute atomic E-state index is 2.27. The molecule has 0 aromatic carbocycles. The van der Waals surface area contributed by atoms with E-state index in [9.17, 15) is 0 Å². The highest BCUT2D eigenvalue weighted by molar-refractivity contribution is 7.07.